The summed E-state index contributed by atoms with van der Waals surface area (Å²) in [7, 11) is 1.52. The van der Waals surface area contributed by atoms with E-state index >= 15 is 0 Å². The fourth-order valence-electron chi connectivity index (χ4n) is 3.85. The lowest BCUT2D eigenvalue weighted by molar-refractivity contribution is -0.121. The van der Waals surface area contributed by atoms with E-state index in [1.54, 1.807) is 12.3 Å². The Morgan fingerprint density at radius 2 is 1.57 bits per heavy atom. The smallest absolute Gasteiger partial charge is 0.262 e. The molecule has 0 spiro atoms. The van der Waals surface area contributed by atoms with E-state index in [1.165, 1.54) is 45.0 Å². The monoisotopic (exact) mass is 375 g/mol. The predicted octanol–water partition coefficient (Wildman–Crippen LogP) is 3.74. The molecule has 5 nitrogen and oxygen atoms in total. The number of hydrogen-bond acceptors (Lipinski definition) is 4. The van der Waals surface area contributed by atoms with Crippen LogP contribution in [-0.4, -0.2) is 41.8 Å². The first-order chi connectivity index (χ1) is 13.6. The van der Waals surface area contributed by atoms with Crippen molar-refractivity contribution in [3.8, 4) is 0 Å². The lowest BCUT2D eigenvalue weighted by atomic mass is 9.94. The lowest BCUT2D eigenvalue weighted by Crippen LogP contribution is -2.38. The van der Waals surface area contributed by atoms with Crippen LogP contribution in [0.25, 0.3) is 5.57 Å². The first-order valence-corrected chi connectivity index (χ1v) is 9.83. The van der Waals surface area contributed by atoms with Crippen LogP contribution in [0.3, 0.4) is 0 Å². The minimum atomic E-state index is -0.294. The van der Waals surface area contributed by atoms with Crippen LogP contribution in [0.15, 0.2) is 54.7 Å². The van der Waals surface area contributed by atoms with Gasteiger partial charge in [-0.05, 0) is 49.7 Å². The standard InChI is InChI=1S/C23H25N3O2/c1-25-22(27)20-8-4-3-7-19(20)21(23(25)28)15-24-18-11-9-17(10-12-18)16-26-13-5-2-6-14-26/h3-4,7-12,15,24H,2,5-6,13-14,16H2,1H3. The van der Waals surface area contributed by atoms with Crippen molar-refractivity contribution in [3.63, 3.8) is 0 Å². The summed E-state index contributed by atoms with van der Waals surface area (Å²) in [5, 5.41) is 3.22. The molecular weight excluding hydrogens is 350 g/mol. The van der Waals surface area contributed by atoms with Gasteiger partial charge in [-0.2, -0.15) is 0 Å². The Hall–Kier alpha value is -2.92. The number of piperidine rings is 1. The van der Waals surface area contributed by atoms with Crippen LogP contribution in [0.1, 0.15) is 40.7 Å². The molecule has 28 heavy (non-hydrogen) atoms. The van der Waals surface area contributed by atoms with Gasteiger partial charge in [0.25, 0.3) is 11.8 Å². The molecule has 1 N–H and O–H groups in total. The highest BCUT2D eigenvalue weighted by Crippen LogP contribution is 2.28. The molecule has 1 fully saturated rings. The highest BCUT2D eigenvalue weighted by molar-refractivity contribution is 6.30. The highest BCUT2D eigenvalue weighted by atomic mass is 16.2. The Labute approximate surface area is 165 Å². The molecular formula is C23H25N3O2. The van der Waals surface area contributed by atoms with Crippen molar-refractivity contribution in [2.45, 2.75) is 25.8 Å². The number of anilines is 1. The number of fused-ring (bicyclic) bond motifs is 1. The molecule has 2 aliphatic heterocycles. The number of amides is 2. The molecule has 2 aromatic carbocycles. The predicted molar refractivity (Wildman–Crippen MR) is 111 cm³/mol. The van der Waals surface area contributed by atoms with Gasteiger partial charge in [0.1, 0.15) is 0 Å². The van der Waals surface area contributed by atoms with E-state index in [9.17, 15) is 9.59 Å². The molecule has 4 rings (SSSR count). The maximum atomic E-state index is 12.6. The maximum Gasteiger partial charge on any atom is 0.262 e. The van der Waals surface area contributed by atoms with Crippen molar-refractivity contribution in [3.05, 3.63) is 71.4 Å². The molecule has 0 aromatic heterocycles. The number of benzene rings is 2. The quantitative estimate of drug-likeness (QED) is 0.653. The van der Waals surface area contributed by atoms with Crippen LogP contribution in [0.4, 0.5) is 5.69 Å². The molecule has 0 radical (unpaired) electrons. The molecule has 0 saturated carbocycles. The Morgan fingerprint density at radius 1 is 0.893 bits per heavy atom. The van der Waals surface area contributed by atoms with Gasteiger partial charge in [0.15, 0.2) is 0 Å². The Morgan fingerprint density at radius 3 is 2.29 bits per heavy atom. The van der Waals surface area contributed by atoms with Crippen LogP contribution >= 0.6 is 0 Å². The van der Waals surface area contributed by atoms with Gasteiger partial charge in [-0.15, -0.1) is 0 Å². The third-order valence-electron chi connectivity index (χ3n) is 5.48. The molecule has 0 bridgehead atoms. The number of nitrogens with one attached hydrogen (secondary N) is 1. The average Bonchev–Trinajstić information content (AvgIpc) is 2.74. The molecule has 0 atom stereocenters. The minimum absolute atomic E-state index is 0.264. The fraction of sp³-hybridized carbons (Fsp3) is 0.304. The summed E-state index contributed by atoms with van der Waals surface area (Å²) in [4.78, 5) is 28.6. The van der Waals surface area contributed by atoms with Crippen LogP contribution in [0, 0.1) is 0 Å². The van der Waals surface area contributed by atoms with Gasteiger partial charge < -0.3 is 5.32 Å². The van der Waals surface area contributed by atoms with Gasteiger partial charge in [-0.3, -0.25) is 19.4 Å². The van der Waals surface area contributed by atoms with Crippen molar-refractivity contribution in [1.29, 1.82) is 0 Å². The third-order valence-corrected chi connectivity index (χ3v) is 5.48. The van der Waals surface area contributed by atoms with Crippen molar-refractivity contribution in [2.75, 3.05) is 25.5 Å². The van der Waals surface area contributed by atoms with Crippen LogP contribution < -0.4 is 5.32 Å². The number of nitrogens with zero attached hydrogens (tertiary/aromatic N) is 2. The first-order valence-electron chi connectivity index (χ1n) is 9.83. The average molecular weight is 375 g/mol. The number of carbonyl (C=O) groups excluding carboxylic acids is 2. The number of imide groups is 1. The summed E-state index contributed by atoms with van der Waals surface area (Å²) in [6, 6.07) is 15.5. The Kier molecular flexibility index (Phi) is 5.26. The van der Waals surface area contributed by atoms with Gasteiger partial charge in [0.2, 0.25) is 0 Å². The summed E-state index contributed by atoms with van der Waals surface area (Å²) >= 11 is 0. The summed E-state index contributed by atoms with van der Waals surface area (Å²) in [6.07, 6.45) is 5.62. The zero-order valence-corrected chi connectivity index (χ0v) is 16.1. The van der Waals surface area contributed by atoms with Crippen LogP contribution in [0.2, 0.25) is 0 Å². The molecule has 2 heterocycles. The molecule has 2 aliphatic rings. The number of carbonyl (C=O) groups is 2. The molecule has 2 aromatic rings. The van der Waals surface area contributed by atoms with Crippen molar-refractivity contribution < 1.29 is 9.59 Å². The molecule has 0 aliphatic carbocycles. The van der Waals surface area contributed by atoms with Gasteiger partial charge in [0, 0.05) is 36.6 Å². The molecule has 1 saturated heterocycles. The van der Waals surface area contributed by atoms with Crippen LogP contribution in [0.5, 0.6) is 0 Å². The summed E-state index contributed by atoms with van der Waals surface area (Å²) in [5.74, 6) is -0.558. The van der Waals surface area contributed by atoms with E-state index in [-0.39, 0.29) is 11.8 Å². The molecule has 5 heteroatoms. The van der Waals surface area contributed by atoms with E-state index in [4.69, 9.17) is 0 Å². The highest BCUT2D eigenvalue weighted by Gasteiger charge is 2.31. The first kappa shape index (κ1) is 18.4. The second-order valence-corrected chi connectivity index (χ2v) is 7.45. The second-order valence-electron chi connectivity index (χ2n) is 7.45. The molecule has 0 unspecified atom stereocenters. The molecule has 144 valence electrons. The SMILES string of the molecule is CN1C(=O)C(=CNc2ccc(CN3CCCCC3)cc2)c2ccccc2C1=O. The largest absolute Gasteiger partial charge is 0.361 e. The number of likely N-dealkylation sites (tertiary alicyclic amines) is 1. The fourth-order valence-corrected chi connectivity index (χ4v) is 3.85. The van der Waals surface area contributed by atoms with E-state index in [2.05, 4.69) is 22.3 Å². The zero-order chi connectivity index (χ0) is 19.5. The summed E-state index contributed by atoms with van der Waals surface area (Å²) in [6.45, 7) is 3.35. The Balaban J connectivity index is 1.50. The molecule has 2 amide bonds. The topological polar surface area (TPSA) is 52.7 Å². The summed E-state index contributed by atoms with van der Waals surface area (Å²) in [5.41, 5.74) is 3.93. The zero-order valence-electron chi connectivity index (χ0n) is 16.1. The van der Waals surface area contributed by atoms with Crippen LogP contribution in [-0.2, 0) is 11.3 Å². The van der Waals surface area contributed by atoms with Crippen molar-refractivity contribution in [2.24, 2.45) is 0 Å². The van der Waals surface area contributed by atoms with E-state index < -0.39 is 0 Å². The third kappa shape index (κ3) is 3.71. The van der Waals surface area contributed by atoms with Gasteiger partial charge in [-0.25, -0.2) is 0 Å². The van der Waals surface area contributed by atoms with Crippen molar-refractivity contribution >= 4 is 23.1 Å². The van der Waals surface area contributed by atoms with E-state index in [0.717, 1.165) is 17.1 Å². The summed E-state index contributed by atoms with van der Waals surface area (Å²) < 4.78 is 0. The van der Waals surface area contributed by atoms with E-state index in [1.807, 2.05) is 30.3 Å². The van der Waals surface area contributed by atoms with Gasteiger partial charge in [-0.1, -0.05) is 36.8 Å². The maximum absolute atomic E-state index is 12.6. The van der Waals surface area contributed by atoms with Crippen molar-refractivity contribution in [1.82, 2.24) is 9.80 Å². The van der Waals surface area contributed by atoms with E-state index in [0.29, 0.717) is 16.7 Å². The number of hydrogen-bond donors (Lipinski definition) is 1. The second kappa shape index (κ2) is 7.98. The normalized spacial score (nSPS) is 19.0. The van der Waals surface area contributed by atoms with Gasteiger partial charge in [0.05, 0.1) is 5.57 Å². The minimum Gasteiger partial charge on any atom is -0.361 e. The number of likely N-dealkylation sites (N-methyl/N-ethyl adjacent to an activating group) is 1. The lowest BCUT2D eigenvalue weighted by Gasteiger charge is -2.26. The number of rotatable bonds is 4. The Bertz CT molecular complexity index is 912. The van der Waals surface area contributed by atoms with Gasteiger partial charge >= 0.3 is 0 Å².